The number of aromatic nitrogens is 2. The molecule has 0 unspecified atom stereocenters. The number of ether oxygens (including phenoxy) is 1. The first kappa shape index (κ1) is 28.8. The zero-order valence-electron chi connectivity index (χ0n) is 30.4. The third-order valence-corrected chi connectivity index (χ3v) is 8.41. The van der Waals surface area contributed by atoms with Gasteiger partial charge in [-0.25, -0.2) is 11.1 Å². The van der Waals surface area contributed by atoms with Crippen molar-refractivity contribution >= 4 is 28.1 Å². The van der Waals surface area contributed by atoms with Crippen molar-refractivity contribution in [1.29, 1.82) is 0 Å². The summed E-state index contributed by atoms with van der Waals surface area (Å²) in [6.07, 6.45) is 0. The molecule has 5 aromatic carbocycles. The molecule has 0 saturated carbocycles. The standard InChI is InChI=1S/C41H39N4O.Pt/c1-40(2,3)30-16-13-15-28(23-30)29-24-31(41(4,5)6)26-33(25-29)46-39-42-38-36(44-27-43(7)34-19-11-12-20-35(34)44)21-14-22-37(38)45(39)32-17-9-8-10-18-32;/h8-14,16-24,26-27H,1-7H3;/q-3;/i7D3;. The third kappa shape index (κ3) is 6.22. The van der Waals surface area contributed by atoms with Crippen molar-refractivity contribution < 1.29 is 29.9 Å². The van der Waals surface area contributed by atoms with Crippen molar-refractivity contribution in [1.82, 2.24) is 9.55 Å². The Labute approximate surface area is 297 Å². The van der Waals surface area contributed by atoms with Gasteiger partial charge in [-0.1, -0.05) is 84.0 Å². The summed E-state index contributed by atoms with van der Waals surface area (Å²) in [5.41, 5.74) is 8.43. The predicted octanol–water partition coefficient (Wildman–Crippen LogP) is 10.4. The predicted molar refractivity (Wildman–Crippen MR) is 189 cm³/mol. The molecule has 1 aliphatic heterocycles. The molecule has 0 atom stereocenters. The summed E-state index contributed by atoms with van der Waals surface area (Å²) in [5.74, 6) is 0.540. The van der Waals surface area contributed by atoms with E-state index in [-0.39, 0.29) is 31.9 Å². The van der Waals surface area contributed by atoms with Gasteiger partial charge in [0.05, 0.1) is 11.2 Å². The van der Waals surface area contributed by atoms with Crippen LogP contribution >= 0.6 is 0 Å². The normalized spacial score (nSPS) is 14.3. The number of hydrogen-bond acceptors (Lipinski definition) is 4. The van der Waals surface area contributed by atoms with Crippen LogP contribution in [-0.2, 0) is 31.9 Å². The molecule has 2 heterocycles. The van der Waals surface area contributed by atoms with E-state index in [4.69, 9.17) is 13.8 Å². The summed E-state index contributed by atoms with van der Waals surface area (Å²) in [6.45, 7) is 12.4. The Kier molecular flexibility index (Phi) is 7.58. The molecule has 0 amide bonds. The molecule has 5 nitrogen and oxygen atoms in total. The maximum atomic E-state index is 8.19. The SMILES string of the molecule is [2H]C([2H])([2H])N1[CH-]N(c2cccc3c2nc(Oc2[c-]c(-c4[c-]ccc(C(C)(C)C)c4)cc(C(C)(C)C)c2)n3-c2ccccc2)c2ccccc21.[Pt]. The van der Waals surface area contributed by atoms with E-state index in [0.29, 0.717) is 23.0 Å². The number of rotatable bonds is 5. The van der Waals surface area contributed by atoms with Crippen molar-refractivity contribution in [3.8, 4) is 28.6 Å². The van der Waals surface area contributed by atoms with E-state index in [1.54, 1.807) is 6.67 Å². The molecule has 0 saturated heterocycles. The van der Waals surface area contributed by atoms with E-state index in [2.05, 4.69) is 71.9 Å². The largest absolute Gasteiger partial charge is 0.504 e. The fourth-order valence-corrected chi connectivity index (χ4v) is 5.82. The number of nitrogens with zero attached hydrogens (tertiary/aromatic N) is 4. The molecule has 0 spiro atoms. The van der Waals surface area contributed by atoms with Gasteiger partial charge in [-0.15, -0.1) is 29.9 Å². The van der Waals surface area contributed by atoms with E-state index in [9.17, 15) is 0 Å². The molecule has 0 bridgehead atoms. The van der Waals surface area contributed by atoms with Crippen LogP contribution in [0.2, 0.25) is 0 Å². The molecule has 0 radical (unpaired) electrons. The molecule has 1 aromatic heterocycles. The molecule has 1 aliphatic rings. The molecule has 6 heteroatoms. The minimum Gasteiger partial charge on any atom is -0.504 e. The fourth-order valence-electron chi connectivity index (χ4n) is 5.82. The van der Waals surface area contributed by atoms with Crippen LogP contribution in [0.15, 0.2) is 103 Å². The molecule has 47 heavy (non-hydrogen) atoms. The Morgan fingerprint density at radius 3 is 2.15 bits per heavy atom. The Morgan fingerprint density at radius 1 is 0.745 bits per heavy atom. The molecular weight excluding hydrogens is 760 g/mol. The minimum atomic E-state index is -2.36. The summed E-state index contributed by atoms with van der Waals surface area (Å²) in [6, 6.07) is 41.2. The zero-order valence-corrected chi connectivity index (χ0v) is 29.7. The number of anilines is 3. The van der Waals surface area contributed by atoms with E-state index in [1.807, 2.05) is 94.4 Å². The van der Waals surface area contributed by atoms with Crippen LogP contribution < -0.4 is 14.5 Å². The third-order valence-electron chi connectivity index (χ3n) is 8.41. The first-order chi connectivity index (χ1) is 23.2. The number of fused-ring (bicyclic) bond motifs is 2. The van der Waals surface area contributed by atoms with Crippen molar-refractivity contribution in [2.45, 2.75) is 52.4 Å². The Balaban J connectivity index is 0.00000432. The second-order valence-electron chi connectivity index (χ2n) is 13.8. The van der Waals surface area contributed by atoms with Crippen LogP contribution in [-0.4, -0.2) is 16.5 Å². The summed E-state index contributed by atoms with van der Waals surface area (Å²) < 4.78 is 33.3. The van der Waals surface area contributed by atoms with Gasteiger partial charge in [-0.3, -0.25) is 4.57 Å². The number of hydrogen-bond donors (Lipinski definition) is 0. The van der Waals surface area contributed by atoms with Gasteiger partial charge >= 0.3 is 6.01 Å². The first-order valence-corrected chi connectivity index (χ1v) is 15.6. The van der Waals surface area contributed by atoms with Gasteiger partial charge in [0.2, 0.25) is 0 Å². The van der Waals surface area contributed by atoms with Crippen LogP contribution in [0.4, 0.5) is 17.1 Å². The van der Waals surface area contributed by atoms with Gasteiger partial charge in [-0.05, 0) is 54.2 Å². The minimum absolute atomic E-state index is 0. The average Bonchev–Trinajstić information content (AvgIpc) is 3.63. The molecule has 0 aliphatic carbocycles. The van der Waals surface area contributed by atoms with Gasteiger partial charge in [0.25, 0.3) is 0 Å². The second-order valence-corrected chi connectivity index (χ2v) is 13.8. The van der Waals surface area contributed by atoms with Crippen LogP contribution in [0.1, 0.15) is 56.8 Å². The van der Waals surface area contributed by atoms with Crippen molar-refractivity contribution in [2.24, 2.45) is 0 Å². The van der Waals surface area contributed by atoms with Gasteiger partial charge < -0.3 is 14.5 Å². The van der Waals surface area contributed by atoms with Crippen LogP contribution in [0.5, 0.6) is 11.8 Å². The topological polar surface area (TPSA) is 33.5 Å². The van der Waals surface area contributed by atoms with Crippen molar-refractivity contribution in [2.75, 3.05) is 16.8 Å². The fraction of sp³-hybridized carbons (Fsp3) is 0.220. The number of para-hydroxylation sites is 4. The van der Waals surface area contributed by atoms with E-state index >= 15 is 0 Å². The van der Waals surface area contributed by atoms with Crippen LogP contribution in [0.25, 0.3) is 27.8 Å². The molecule has 0 fully saturated rings. The Morgan fingerprint density at radius 2 is 1.43 bits per heavy atom. The van der Waals surface area contributed by atoms with Crippen LogP contribution in [0, 0.1) is 18.8 Å². The molecule has 7 rings (SSSR count). The summed E-state index contributed by atoms with van der Waals surface area (Å²) >= 11 is 0. The monoisotopic (exact) mass is 801 g/mol. The smallest absolute Gasteiger partial charge is 0.306 e. The van der Waals surface area contributed by atoms with Gasteiger partial charge in [0.1, 0.15) is 5.52 Å². The van der Waals surface area contributed by atoms with Crippen molar-refractivity contribution in [3.05, 3.63) is 133 Å². The first-order valence-electron chi connectivity index (χ1n) is 17.1. The van der Waals surface area contributed by atoms with Crippen molar-refractivity contribution in [3.63, 3.8) is 0 Å². The van der Waals surface area contributed by atoms with Crippen LogP contribution in [0.3, 0.4) is 0 Å². The zero-order chi connectivity index (χ0) is 34.7. The summed E-state index contributed by atoms with van der Waals surface area (Å²) in [7, 11) is 0. The maximum absolute atomic E-state index is 8.19. The molecule has 242 valence electrons. The number of benzene rings is 5. The van der Waals surface area contributed by atoms with Gasteiger partial charge in [-0.2, -0.15) is 29.2 Å². The van der Waals surface area contributed by atoms with E-state index in [0.717, 1.165) is 39.3 Å². The van der Waals surface area contributed by atoms with Gasteiger partial charge in [0, 0.05) is 48.0 Å². The van der Waals surface area contributed by atoms with E-state index < -0.39 is 6.98 Å². The molecule has 6 aromatic rings. The summed E-state index contributed by atoms with van der Waals surface area (Å²) in [5, 5.41) is 0. The Hall–Kier alpha value is -4.34. The maximum Gasteiger partial charge on any atom is 0.306 e. The van der Waals surface area contributed by atoms with Gasteiger partial charge in [0.15, 0.2) is 0 Å². The average molecular weight is 802 g/mol. The summed E-state index contributed by atoms with van der Waals surface area (Å²) in [4.78, 5) is 8.34. The van der Waals surface area contributed by atoms with E-state index in [1.165, 1.54) is 10.5 Å². The Bertz CT molecular complexity index is 2160. The quantitative estimate of drug-likeness (QED) is 0.163. The second kappa shape index (κ2) is 12.4. The molecule has 0 N–H and O–H groups in total. The molecular formula is C41H39N4OPt-3. The number of imidazole rings is 1.